The van der Waals surface area contributed by atoms with Crippen molar-refractivity contribution in [3.05, 3.63) is 70.0 Å². The fourth-order valence-corrected chi connectivity index (χ4v) is 2.17. The highest BCUT2D eigenvalue weighted by molar-refractivity contribution is 6.02. The molecule has 112 valence electrons. The maximum absolute atomic E-state index is 12.3. The van der Waals surface area contributed by atoms with Crippen molar-refractivity contribution in [2.45, 2.75) is 13.5 Å². The molecule has 2 heterocycles. The Hall–Kier alpha value is -3.09. The number of hydrogen-bond acceptors (Lipinski definition) is 3. The first kappa shape index (κ1) is 13.9. The second kappa shape index (κ2) is 5.72. The number of nitrogens with zero attached hydrogens (tertiary/aromatic N) is 2. The number of benzene rings is 1. The van der Waals surface area contributed by atoms with Crippen LogP contribution in [-0.4, -0.2) is 25.7 Å². The number of anilines is 1. The third-order valence-corrected chi connectivity index (χ3v) is 3.23. The van der Waals surface area contributed by atoms with E-state index in [0.717, 1.165) is 11.3 Å². The minimum absolute atomic E-state index is 0.259. The highest BCUT2D eigenvalue weighted by Gasteiger charge is 2.15. The summed E-state index contributed by atoms with van der Waals surface area (Å²) in [5.74, 6) is 0.0307. The van der Waals surface area contributed by atoms with Crippen molar-refractivity contribution in [2.75, 3.05) is 5.32 Å². The van der Waals surface area contributed by atoms with Crippen LogP contribution in [0.15, 0.2) is 47.4 Å². The van der Waals surface area contributed by atoms with Gasteiger partial charge in [0.05, 0.1) is 6.54 Å². The first-order valence-corrected chi connectivity index (χ1v) is 6.79. The van der Waals surface area contributed by atoms with Crippen LogP contribution in [0, 0.1) is 6.92 Å². The van der Waals surface area contributed by atoms with Gasteiger partial charge in [0.2, 0.25) is 0 Å². The van der Waals surface area contributed by atoms with Crippen molar-refractivity contribution >= 4 is 11.7 Å². The van der Waals surface area contributed by atoms with Gasteiger partial charge in [0, 0.05) is 18.0 Å². The normalized spacial score (nSPS) is 10.6. The van der Waals surface area contributed by atoms with Crippen LogP contribution in [0.25, 0.3) is 0 Å². The van der Waals surface area contributed by atoms with E-state index in [1.165, 1.54) is 10.8 Å². The SMILES string of the molecule is Cc1cc(NC(=O)c2c[nH]c(=O)n2Cc2ccccc2)n[nH]1. The van der Waals surface area contributed by atoms with Gasteiger partial charge in [-0.15, -0.1) is 0 Å². The lowest BCUT2D eigenvalue weighted by Gasteiger charge is -2.07. The van der Waals surface area contributed by atoms with Gasteiger partial charge in [-0.3, -0.25) is 14.5 Å². The van der Waals surface area contributed by atoms with Crippen LogP contribution >= 0.6 is 0 Å². The number of aromatic amines is 2. The molecule has 0 aliphatic carbocycles. The second-order valence-electron chi connectivity index (χ2n) is 4.94. The lowest BCUT2D eigenvalue weighted by molar-refractivity contribution is 0.101. The van der Waals surface area contributed by atoms with Crippen molar-refractivity contribution in [1.82, 2.24) is 19.7 Å². The molecule has 0 aliphatic rings. The van der Waals surface area contributed by atoms with Crippen LogP contribution in [0.5, 0.6) is 0 Å². The van der Waals surface area contributed by atoms with Crippen molar-refractivity contribution in [3.63, 3.8) is 0 Å². The summed E-state index contributed by atoms with van der Waals surface area (Å²) in [6.07, 6.45) is 1.40. The van der Waals surface area contributed by atoms with Crippen molar-refractivity contribution < 1.29 is 4.79 Å². The molecule has 0 unspecified atom stereocenters. The van der Waals surface area contributed by atoms with E-state index in [9.17, 15) is 9.59 Å². The molecule has 0 saturated carbocycles. The number of amides is 1. The molecule has 1 amide bonds. The Kier molecular flexibility index (Phi) is 3.61. The van der Waals surface area contributed by atoms with Gasteiger partial charge >= 0.3 is 5.69 Å². The molecule has 0 saturated heterocycles. The van der Waals surface area contributed by atoms with E-state index in [1.807, 2.05) is 37.3 Å². The fraction of sp³-hybridized carbons (Fsp3) is 0.133. The van der Waals surface area contributed by atoms with Crippen LogP contribution in [0.4, 0.5) is 5.82 Å². The maximum Gasteiger partial charge on any atom is 0.326 e. The van der Waals surface area contributed by atoms with Gasteiger partial charge in [0.25, 0.3) is 5.91 Å². The van der Waals surface area contributed by atoms with Gasteiger partial charge in [-0.25, -0.2) is 4.79 Å². The predicted molar refractivity (Wildman–Crippen MR) is 81.9 cm³/mol. The molecule has 0 atom stereocenters. The monoisotopic (exact) mass is 297 g/mol. The van der Waals surface area contributed by atoms with E-state index >= 15 is 0 Å². The highest BCUT2D eigenvalue weighted by atomic mass is 16.2. The minimum atomic E-state index is -0.388. The molecule has 0 aliphatic heterocycles. The van der Waals surface area contributed by atoms with E-state index in [4.69, 9.17) is 0 Å². The first-order chi connectivity index (χ1) is 10.6. The minimum Gasteiger partial charge on any atom is -0.312 e. The standard InChI is InChI=1S/C15H15N5O2/c1-10-7-13(19-18-10)17-14(21)12-8-16-15(22)20(12)9-11-5-3-2-4-6-11/h2-8H,9H2,1H3,(H,16,22)(H2,17,18,19,21). The molecule has 0 fully saturated rings. The van der Waals surface area contributed by atoms with E-state index in [0.29, 0.717) is 12.4 Å². The topological polar surface area (TPSA) is 95.6 Å². The van der Waals surface area contributed by atoms with Crippen molar-refractivity contribution in [2.24, 2.45) is 0 Å². The summed E-state index contributed by atoms with van der Waals surface area (Å²) in [6.45, 7) is 2.16. The summed E-state index contributed by atoms with van der Waals surface area (Å²) in [7, 11) is 0. The van der Waals surface area contributed by atoms with Crippen LogP contribution in [0.2, 0.25) is 0 Å². The lowest BCUT2D eigenvalue weighted by Crippen LogP contribution is -2.24. The lowest BCUT2D eigenvalue weighted by atomic mass is 10.2. The number of hydrogen-bond donors (Lipinski definition) is 3. The number of rotatable bonds is 4. The van der Waals surface area contributed by atoms with Crippen LogP contribution in [0.3, 0.4) is 0 Å². The first-order valence-electron chi connectivity index (χ1n) is 6.79. The van der Waals surface area contributed by atoms with Gasteiger partial charge < -0.3 is 10.3 Å². The van der Waals surface area contributed by atoms with Gasteiger partial charge in [0.15, 0.2) is 5.82 Å². The Morgan fingerprint density at radius 3 is 2.77 bits per heavy atom. The van der Waals surface area contributed by atoms with Crippen molar-refractivity contribution in [1.29, 1.82) is 0 Å². The fourth-order valence-electron chi connectivity index (χ4n) is 2.17. The molecule has 3 N–H and O–H groups in total. The highest BCUT2D eigenvalue weighted by Crippen LogP contribution is 2.08. The Balaban J connectivity index is 1.85. The third-order valence-electron chi connectivity index (χ3n) is 3.23. The number of aromatic nitrogens is 4. The van der Waals surface area contributed by atoms with Gasteiger partial charge in [0.1, 0.15) is 5.69 Å². The average Bonchev–Trinajstić information content (AvgIpc) is 3.07. The van der Waals surface area contributed by atoms with E-state index in [-0.39, 0.29) is 17.3 Å². The number of H-pyrrole nitrogens is 2. The van der Waals surface area contributed by atoms with Crippen LogP contribution in [0.1, 0.15) is 21.7 Å². The van der Waals surface area contributed by atoms with Gasteiger partial charge in [-0.05, 0) is 12.5 Å². The maximum atomic E-state index is 12.3. The molecule has 7 heteroatoms. The second-order valence-corrected chi connectivity index (χ2v) is 4.94. The number of aryl methyl sites for hydroxylation is 1. The molecular formula is C15H15N5O2. The predicted octanol–water partition coefficient (Wildman–Crippen LogP) is 1.51. The van der Waals surface area contributed by atoms with E-state index < -0.39 is 0 Å². The molecule has 3 aromatic rings. The van der Waals surface area contributed by atoms with E-state index in [1.54, 1.807) is 6.07 Å². The molecule has 2 aromatic heterocycles. The zero-order valence-corrected chi connectivity index (χ0v) is 12.0. The Labute approximate surface area is 126 Å². The Morgan fingerprint density at radius 1 is 1.32 bits per heavy atom. The third kappa shape index (κ3) is 2.83. The average molecular weight is 297 g/mol. The number of carbonyl (C=O) groups excluding carboxylic acids is 1. The van der Waals surface area contributed by atoms with Crippen molar-refractivity contribution in [3.8, 4) is 0 Å². The summed E-state index contributed by atoms with van der Waals surface area (Å²) in [6, 6.07) is 11.2. The van der Waals surface area contributed by atoms with Gasteiger partial charge in [-0.1, -0.05) is 30.3 Å². The van der Waals surface area contributed by atoms with E-state index in [2.05, 4.69) is 20.5 Å². The molecule has 1 aromatic carbocycles. The zero-order chi connectivity index (χ0) is 15.5. The summed E-state index contributed by atoms with van der Waals surface area (Å²) < 4.78 is 1.39. The van der Waals surface area contributed by atoms with Gasteiger partial charge in [-0.2, -0.15) is 5.10 Å². The number of imidazole rings is 1. The van der Waals surface area contributed by atoms with Crippen LogP contribution < -0.4 is 11.0 Å². The molecule has 0 spiro atoms. The number of nitrogens with one attached hydrogen (secondary N) is 3. The quantitative estimate of drug-likeness (QED) is 0.681. The molecular weight excluding hydrogens is 282 g/mol. The molecule has 7 nitrogen and oxygen atoms in total. The summed E-state index contributed by atoms with van der Waals surface area (Å²) in [5.41, 5.74) is 1.71. The Bertz CT molecular complexity index is 844. The largest absolute Gasteiger partial charge is 0.326 e. The summed E-state index contributed by atoms with van der Waals surface area (Å²) >= 11 is 0. The summed E-state index contributed by atoms with van der Waals surface area (Å²) in [5, 5.41) is 9.35. The Morgan fingerprint density at radius 2 is 2.09 bits per heavy atom. The smallest absolute Gasteiger partial charge is 0.312 e. The molecule has 22 heavy (non-hydrogen) atoms. The zero-order valence-electron chi connectivity index (χ0n) is 12.0. The van der Waals surface area contributed by atoms with Crippen LogP contribution in [-0.2, 0) is 6.54 Å². The molecule has 0 radical (unpaired) electrons. The summed E-state index contributed by atoms with van der Waals surface area (Å²) in [4.78, 5) is 26.8. The number of carbonyl (C=O) groups is 1. The molecule has 3 rings (SSSR count). The molecule has 0 bridgehead atoms.